The number of esters is 1. The summed E-state index contributed by atoms with van der Waals surface area (Å²) in [4.78, 5) is 11.0. The second-order valence-corrected chi connectivity index (χ2v) is 6.99. The zero-order valence-electron chi connectivity index (χ0n) is 15.6. The summed E-state index contributed by atoms with van der Waals surface area (Å²) in [5.41, 5.74) is 0.722. The molecule has 0 saturated heterocycles. The Balaban J connectivity index is 3.62. The molecular formula is C19H36ClNO3. The molecule has 0 bridgehead atoms. The number of rotatable bonds is 16. The first-order chi connectivity index (χ1) is 11.7. The zero-order valence-corrected chi connectivity index (χ0v) is 16.3. The van der Waals surface area contributed by atoms with Gasteiger partial charge in [0.05, 0.1) is 18.2 Å². The third kappa shape index (κ3) is 13.6. The fourth-order valence-corrected chi connectivity index (χ4v) is 3.05. The maximum Gasteiger partial charge on any atom is 0.305 e. The Labute approximate surface area is 153 Å². The quantitative estimate of drug-likeness (QED) is 0.0904. The average molecular weight is 362 g/mol. The van der Waals surface area contributed by atoms with Crippen LogP contribution in [0.5, 0.6) is 0 Å². The number of nitrogens with zero attached hydrogens (tertiary/aromatic N) is 1. The lowest BCUT2D eigenvalue weighted by molar-refractivity contribution is -0.140. The predicted molar refractivity (Wildman–Crippen MR) is 101 cm³/mol. The molecule has 0 aromatic carbocycles. The van der Waals surface area contributed by atoms with Gasteiger partial charge in [-0.05, 0) is 25.7 Å². The molecule has 0 aromatic heterocycles. The van der Waals surface area contributed by atoms with E-state index in [1.54, 1.807) is 0 Å². The van der Waals surface area contributed by atoms with Crippen LogP contribution in [0, 0.1) is 0 Å². The number of oxime groups is 1. The molecule has 1 N–H and O–H groups in total. The van der Waals surface area contributed by atoms with Crippen molar-refractivity contribution in [2.75, 3.05) is 7.11 Å². The summed E-state index contributed by atoms with van der Waals surface area (Å²) in [6.07, 6.45) is 14.7. The first-order valence-electron chi connectivity index (χ1n) is 9.57. The van der Waals surface area contributed by atoms with E-state index in [0.717, 1.165) is 57.1 Å². The van der Waals surface area contributed by atoms with E-state index in [2.05, 4.69) is 16.8 Å². The Morgan fingerprint density at radius 3 is 2.08 bits per heavy atom. The first kappa shape index (κ1) is 23.2. The standard InChI is InChI=1S/C19H36ClNO3/c1-3-4-5-6-8-11-14-17(20)18(21-23)15-12-9-7-10-13-16-19(22)24-2/h17,23H,3-16H2,1-2H3. The molecule has 0 aromatic rings. The number of ether oxygens (including phenoxy) is 1. The highest BCUT2D eigenvalue weighted by atomic mass is 35.5. The van der Waals surface area contributed by atoms with Crippen LogP contribution in [0.2, 0.25) is 0 Å². The number of carbonyl (C=O) groups excluding carboxylic acids is 1. The Bertz CT molecular complexity index is 335. The molecule has 24 heavy (non-hydrogen) atoms. The fourth-order valence-electron chi connectivity index (χ4n) is 2.75. The van der Waals surface area contributed by atoms with E-state index in [1.165, 1.54) is 39.2 Å². The topological polar surface area (TPSA) is 58.9 Å². The number of alkyl halides is 1. The number of hydrogen-bond donors (Lipinski definition) is 1. The van der Waals surface area contributed by atoms with Crippen molar-refractivity contribution in [3.8, 4) is 0 Å². The number of unbranched alkanes of at least 4 members (excludes halogenated alkanes) is 9. The molecular weight excluding hydrogens is 326 g/mol. The number of halogens is 1. The summed E-state index contributed by atoms with van der Waals surface area (Å²) in [6.45, 7) is 2.22. The molecule has 5 heteroatoms. The molecule has 0 rings (SSSR count). The van der Waals surface area contributed by atoms with Gasteiger partial charge in [0, 0.05) is 6.42 Å². The summed E-state index contributed by atoms with van der Waals surface area (Å²) in [7, 11) is 1.42. The van der Waals surface area contributed by atoms with Gasteiger partial charge in [-0.1, -0.05) is 69.9 Å². The van der Waals surface area contributed by atoms with Crippen LogP contribution in [0.25, 0.3) is 0 Å². The maximum absolute atomic E-state index is 11.0. The van der Waals surface area contributed by atoms with Crippen LogP contribution in [0.1, 0.15) is 96.8 Å². The predicted octanol–water partition coefficient (Wildman–Crippen LogP) is 6.08. The van der Waals surface area contributed by atoms with Crippen LogP contribution in [0.15, 0.2) is 5.16 Å². The van der Waals surface area contributed by atoms with Crippen LogP contribution in [-0.4, -0.2) is 29.4 Å². The SMILES string of the molecule is CCCCCCCCC(Cl)C(CCCCCCCC(=O)OC)=NO. The summed E-state index contributed by atoms with van der Waals surface area (Å²) in [5, 5.41) is 12.4. The van der Waals surface area contributed by atoms with Crippen molar-refractivity contribution < 1.29 is 14.7 Å². The van der Waals surface area contributed by atoms with Crippen LogP contribution in [-0.2, 0) is 9.53 Å². The van der Waals surface area contributed by atoms with Gasteiger partial charge in [0.25, 0.3) is 0 Å². The van der Waals surface area contributed by atoms with Gasteiger partial charge in [-0.15, -0.1) is 11.6 Å². The van der Waals surface area contributed by atoms with Crippen LogP contribution in [0.4, 0.5) is 0 Å². The van der Waals surface area contributed by atoms with Gasteiger partial charge in [0.2, 0.25) is 0 Å². The van der Waals surface area contributed by atoms with Gasteiger partial charge in [0.1, 0.15) is 0 Å². The highest BCUT2D eigenvalue weighted by Gasteiger charge is 2.13. The van der Waals surface area contributed by atoms with Gasteiger partial charge < -0.3 is 9.94 Å². The van der Waals surface area contributed by atoms with Crippen LogP contribution < -0.4 is 0 Å². The highest BCUT2D eigenvalue weighted by molar-refractivity contribution is 6.32. The molecule has 1 unspecified atom stereocenters. The normalized spacial score (nSPS) is 13.0. The van der Waals surface area contributed by atoms with Crippen molar-refractivity contribution in [3.63, 3.8) is 0 Å². The molecule has 0 amide bonds. The van der Waals surface area contributed by atoms with E-state index in [-0.39, 0.29) is 11.3 Å². The molecule has 4 nitrogen and oxygen atoms in total. The molecule has 0 fully saturated rings. The summed E-state index contributed by atoms with van der Waals surface area (Å²) in [5.74, 6) is -0.135. The van der Waals surface area contributed by atoms with E-state index >= 15 is 0 Å². The van der Waals surface area contributed by atoms with Gasteiger partial charge in [-0.2, -0.15) is 0 Å². The Hall–Kier alpha value is -0.770. The lowest BCUT2D eigenvalue weighted by Crippen LogP contribution is -2.14. The summed E-state index contributed by atoms with van der Waals surface area (Å²) >= 11 is 6.36. The van der Waals surface area contributed by atoms with Crippen molar-refractivity contribution in [1.82, 2.24) is 0 Å². The van der Waals surface area contributed by atoms with Gasteiger partial charge in [-0.3, -0.25) is 4.79 Å². The monoisotopic (exact) mass is 361 g/mol. The molecule has 0 aliphatic heterocycles. The van der Waals surface area contributed by atoms with E-state index in [0.29, 0.717) is 6.42 Å². The smallest absolute Gasteiger partial charge is 0.305 e. The molecule has 0 radical (unpaired) electrons. The molecule has 0 aliphatic carbocycles. The number of hydrogen-bond acceptors (Lipinski definition) is 4. The third-order valence-corrected chi connectivity index (χ3v) is 4.81. The minimum absolute atomic E-state index is 0.135. The average Bonchev–Trinajstić information content (AvgIpc) is 2.59. The lowest BCUT2D eigenvalue weighted by Gasteiger charge is -2.11. The Kier molecular flexibility index (Phi) is 16.5. The van der Waals surface area contributed by atoms with E-state index in [4.69, 9.17) is 16.8 Å². The van der Waals surface area contributed by atoms with Crippen molar-refractivity contribution in [2.45, 2.75) is 102 Å². The van der Waals surface area contributed by atoms with Crippen molar-refractivity contribution in [1.29, 1.82) is 0 Å². The second kappa shape index (κ2) is 17.1. The van der Waals surface area contributed by atoms with Gasteiger partial charge >= 0.3 is 5.97 Å². The molecule has 0 aliphatic rings. The highest BCUT2D eigenvalue weighted by Crippen LogP contribution is 2.17. The summed E-state index contributed by atoms with van der Waals surface area (Å²) in [6, 6.07) is 0. The van der Waals surface area contributed by atoms with Crippen LogP contribution in [0.3, 0.4) is 0 Å². The van der Waals surface area contributed by atoms with E-state index in [1.807, 2.05) is 0 Å². The zero-order chi connectivity index (χ0) is 18.0. The maximum atomic E-state index is 11.0. The van der Waals surface area contributed by atoms with Crippen LogP contribution >= 0.6 is 11.6 Å². The number of methoxy groups -OCH3 is 1. The minimum Gasteiger partial charge on any atom is -0.469 e. The summed E-state index contributed by atoms with van der Waals surface area (Å²) < 4.78 is 4.61. The van der Waals surface area contributed by atoms with Gasteiger partial charge in [0.15, 0.2) is 0 Å². The van der Waals surface area contributed by atoms with Crippen molar-refractivity contribution in [3.05, 3.63) is 0 Å². The fraction of sp³-hybridized carbons (Fsp3) is 0.895. The third-order valence-electron chi connectivity index (χ3n) is 4.34. The van der Waals surface area contributed by atoms with Crippen molar-refractivity contribution in [2.24, 2.45) is 5.16 Å². The lowest BCUT2D eigenvalue weighted by atomic mass is 10.0. The van der Waals surface area contributed by atoms with Crippen molar-refractivity contribution >= 4 is 23.3 Å². The van der Waals surface area contributed by atoms with Gasteiger partial charge in [-0.25, -0.2) is 0 Å². The number of carbonyl (C=O) groups is 1. The minimum atomic E-state index is -0.138. The Morgan fingerprint density at radius 1 is 0.958 bits per heavy atom. The molecule has 1 atom stereocenters. The second-order valence-electron chi connectivity index (χ2n) is 6.46. The molecule has 0 saturated carbocycles. The molecule has 0 spiro atoms. The molecule has 142 valence electrons. The van der Waals surface area contributed by atoms with E-state index in [9.17, 15) is 4.79 Å². The first-order valence-corrected chi connectivity index (χ1v) is 10.0. The van der Waals surface area contributed by atoms with E-state index < -0.39 is 0 Å². The molecule has 0 heterocycles. The largest absolute Gasteiger partial charge is 0.469 e. The Morgan fingerprint density at radius 2 is 1.50 bits per heavy atom.